The zero-order chi connectivity index (χ0) is 18.6. The maximum atomic E-state index is 12.8. The van der Waals surface area contributed by atoms with Crippen LogP contribution in [0.3, 0.4) is 0 Å². The van der Waals surface area contributed by atoms with Crippen molar-refractivity contribution in [2.24, 2.45) is 0 Å². The Morgan fingerprint density at radius 1 is 1.32 bits per heavy atom. The zero-order valence-electron chi connectivity index (χ0n) is 13.7. The summed E-state index contributed by atoms with van der Waals surface area (Å²) in [5.41, 5.74) is 0.756. The molecule has 2 aliphatic heterocycles. The molecule has 1 amide bonds. The van der Waals surface area contributed by atoms with Gasteiger partial charge in [-0.05, 0) is 19.4 Å². The number of hydrogen-bond acceptors (Lipinski definition) is 6. The van der Waals surface area contributed by atoms with Gasteiger partial charge in [-0.2, -0.15) is 0 Å². The molecule has 2 heterocycles. The molecule has 2 fully saturated rings. The van der Waals surface area contributed by atoms with Gasteiger partial charge in [-0.15, -0.1) is 0 Å². The van der Waals surface area contributed by atoms with Gasteiger partial charge in [0.05, 0.1) is 6.61 Å². The lowest BCUT2D eigenvalue weighted by Gasteiger charge is -2.48. The molecule has 3 atom stereocenters. The number of fused-ring (bicyclic) bond motifs is 1. The highest BCUT2D eigenvalue weighted by molar-refractivity contribution is 9.10. The van der Waals surface area contributed by atoms with E-state index in [9.17, 15) is 23.1 Å². The van der Waals surface area contributed by atoms with Crippen LogP contribution in [0.2, 0.25) is 0 Å². The summed E-state index contributed by atoms with van der Waals surface area (Å²) < 4.78 is 27.8. The van der Waals surface area contributed by atoms with Crippen molar-refractivity contribution in [2.45, 2.75) is 40.9 Å². The van der Waals surface area contributed by atoms with Crippen molar-refractivity contribution in [2.75, 3.05) is 6.61 Å². The molecule has 1 unspecified atom stereocenters. The Balaban J connectivity index is 1.88. The maximum absolute atomic E-state index is 12.8. The lowest BCUT2D eigenvalue weighted by molar-refractivity contribution is -0.166. The summed E-state index contributed by atoms with van der Waals surface area (Å²) in [6.07, 6.45) is 0. The van der Waals surface area contributed by atoms with Gasteiger partial charge in [0.15, 0.2) is 19.5 Å². The van der Waals surface area contributed by atoms with Crippen molar-refractivity contribution >= 4 is 37.6 Å². The van der Waals surface area contributed by atoms with Crippen LogP contribution in [0.4, 0.5) is 0 Å². The summed E-state index contributed by atoms with van der Waals surface area (Å²) >= 11 is 3.05. The van der Waals surface area contributed by atoms with Gasteiger partial charge in [-0.1, -0.05) is 46.3 Å². The molecular formula is C16H18BrNO6S. The number of sulfone groups is 1. The Morgan fingerprint density at radius 2 is 1.92 bits per heavy atom. The van der Waals surface area contributed by atoms with E-state index in [0.717, 1.165) is 10.5 Å². The Kier molecular flexibility index (Phi) is 4.24. The molecule has 0 spiro atoms. The van der Waals surface area contributed by atoms with Crippen molar-refractivity contribution in [3.05, 3.63) is 35.9 Å². The Labute approximate surface area is 154 Å². The van der Waals surface area contributed by atoms with Crippen LogP contribution in [0.25, 0.3) is 0 Å². The lowest BCUT2D eigenvalue weighted by atomic mass is 9.92. The van der Waals surface area contributed by atoms with Gasteiger partial charge in [0.25, 0.3) is 0 Å². The fraction of sp³-hybridized carbons (Fsp3) is 0.500. The van der Waals surface area contributed by atoms with Crippen LogP contribution in [0.5, 0.6) is 0 Å². The van der Waals surface area contributed by atoms with Crippen LogP contribution in [0, 0.1) is 0 Å². The fourth-order valence-corrected chi connectivity index (χ4v) is 6.80. The zero-order valence-corrected chi connectivity index (χ0v) is 16.1. The Hall–Kier alpha value is -1.45. The van der Waals surface area contributed by atoms with Crippen LogP contribution < -0.4 is 0 Å². The van der Waals surface area contributed by atoms with E-state index in [-0.39, 0.29) is 6.61 Å². The highest BCUT2D eigenvalue weighted by atomic mass is 79.9. The van der Waals surface area contributed by atoms with E-state index in [0.29, 0.717) is 0 Å². The number of amides is 1. The first-order valence-corrected chi connectivity index (χ1v) is 9.99. The van der Waals surface area contributed by atoms with E-state index in [1.807, 2.05) is 6.07 Å². The van der Waals surface area contributed by atoms with E-state index in [1.54, 1.807) is 24.3 Å². The van der Waals surface area contributed by atoms with Gasteiger partial charge in [0, 0.05) is 0 Å². The third kappa shape index (κ3) is 2.36. The topological polar surface area (TPSA) is 101 Å². The van der Waals surface area contributed by atoms with Crippen molar-refractivity contribution in [1.82, 2.24) is 4.90 Å². The number of alkyl halides is 1. The number of benzene rings is 1. The average molecular weight is 432 g/mol. The number of aliphatic hydroxyl groups is 1. The maximum Gasteiger partial charge on any atom is 0.330 e. The third-order valence-corrected chi connectivity index (χ3v) is 9.11. The first-order chi connectivity index (χ1) is 11.6. The Bertz CT molecular complexity index is 824. The normalized spacial score (nSPS) is 32.0. The van der Waals surface area contributed by atoms with E-state index in [1.165, 1.54) is 13.8 Å². The summed E-state index contributed by atoms with van der Waals surface area (Å²) in [5, 5.41) is 8.18. The number of rotatable bonds is 4. The number of aliphatic hydroxyl groups excluding tert-OH is 1. The predicted molar refractivity (Wildman–Crippen MR) is 92.4 cm³/mol. The lowest BCUT2D eigenvalue weighted by Crippen LogP contribution is -2.73. The standard InChI is InChI=1S/C16H18BrNO6S/c1-15(2)11(12(20)24-8-10-6-4-3-5-7-10)18-13(21)16(17,9-19)14(18)25(15,22)23/h3-7,11,14,19H,8-9H2,1-2H3/t11-,14+,16?/m0/s1. The molecule has 136 valence electrons. The number of esters is 1. The second kappa shape index (κ2) is 5.78. The van der Waals surface area contributed by atoms with Gasteiger partial charge in [0.1, 0.15) is 17.4 Å². The fourth-order valence-electron chi connectivity index (χ4n) is 3.36. The second-order valence-corrected chi connectivity index (χ2v) is 10.7. The molecule has 25 heavy (non-hydrogen) atoms. The summed E-state index contributed by atoms with van der Waals surface area (Å²) in [6.45, 7) is 2.10. The number of carbonyl (C=O) groups is 2. The highest BCUT2D eigenvalue weighted by Crippen LogP contribution is 2.53. The number of halogens is 1. The molecule has 9 heteroatoms. The molecule has 0 aromatic heterocycles. The first-order valence-electron chi connectivity index (χ1n) is 7.65. The van der Waals surface area contributed by atoms with Crippen LogP contribution >= 0.6 is 15.9 Å². The molecule has 0 radical (unpaired) electrons. The molecule has 2 saturated heterocycles. The summed E-state index contributed by atoms with van der Waals surface area (Å²) in [5.74, 6) is -1.41. The SMILES string of the molecule is CC1(C)[C@H](C(=O)OCc2ccccc2)N2C(=O)C(Br)(CO)[C@H]2S1(=O)=O. The van der Waals surface area contributed by atoms with Crippen LogP contribution in [-0.2, 0) is 30.8 Å². The van der Waals surface area contributed by atoms with Gasteiger partial charge in [-0.3, -0.25) is 4.79 Å². The molecule has 1 aromatic rings. The van der Waals surface area contributed by atoms with E-state index in [4.69, 9.17) is 4.74 Å². The molecule has 1 N–H and O–H groups in total. The summed E-state index contributed by atoms with van der Waals surface area (Å²) in [6, 6.07) is 7.71. The smallest absolute Gasteiger partial charge is 0.330 e. The van der Waals surface area contributed by atoms with E-state index in [2.05, 4.69) is 15.9 Å². The van der Waals surface area contributed by atoms with Gasteiger partial charge < -0.3 is 14.7 Å². The van der Waals surface area contributed by atoms with Crippen LogP contribution in [0.15, 0.2) is 30.3 Å². The molecule has 7 nitrogen and oxygen atoms in total. The molecular weight excluding hydrogens is 414 g/mol. The minimum absolute atomic E-state index is 0.0154. The van der Waals surface area contributed by atoms with E-state index < -0.39 is 48.8 Å². The molecule has 2 aliphatic rings. The number of carbonyl (C=O) groups excluding carboxylic acids is 2. The quantitative estimate of drug-likeness (QED) is 0.425. The molecule has 3 rings (SSSR count). The van der Waals surface area contributed by atoms with Gasteiger partial charge in [0.2, 0.25) is 5.91 Å². The largest absolute Gasteiger partial charge is 0.459 e. The number of hydrogen-bond donors (Lipinski definition) is 1. The van der Waals surface area contributed by atoms with Crippen molar-refractivity contribution in [3.63, 3.8) is 0 Å². The minimum atomic E-state index is -3.90. The van der Waals surface area contributed by atoms with Gasteiger partial charge in [-0.25, -0.2) is 13.2 Å². The molecule has 0 saturated carbocycles. The number of ether oxygens (including phenoxy) is 1. The summed E-state index contributed by atoms with van der Waals surface area (Å²) in [7, 11) is -3.90. The summed E-state index contributed by atoms with van der Waals surface area (Å²) in [4.78, 5) is 26.0. The molecule has 0 aliphatic carbocycles. The van der Waals surface area contributed by atoms with E-state index >= 15 is 0 Å². The minimum Gasteiger partial charge on any atom is -0.459 e. The second-order valence-electron chi connectivity index (χ2n) is 6.73. The first kappa shape index (κ1) is 18.3. The highest BCUT2D eigenvalue weighted by Gasteiger charge is 2.77. The van der Waals surface area contributed by atoms with Gasteiger partial charge >= 0.3 is 5.97 Å². The third-order valence-electron chi connectivity index (χ3n) is 4.88. The molecule has 1 aromatic carbocycles. The van der Waals surface area contributed by atoms with Crippen molar-refractivity contribution in [3.8, 4) is 0 Å². The van der Waals surface area contributed by atoms with Crippen molar-refractivity contribution in [1.29, 1.82) is 0 Å². The number of β-lactam (4-membered cyclic amide) rings is 1. The number of nitrogens with zero attached hydrogens (tertiary/aromatic N) is 1. The van der Waals surface area contributed by atoms with Crippen molar-refractivity contribution < 1.29 is 27.9 Å². The monoisotopic (exact) mass is 431 g/mol. The predicted octanol–water partition coefficient (Wildman–Crippen LogP) is 0.600. The van der Waals surface area contributed by atoms with Crippen LogP contribution in [0.1, 0.15) is 19.4 Å². The average Bonchev–Trinajstić information content (AvgIpc) is 2.74. The Morgan fingerprint density at radius 3 is 2.48 bits per heavy atom. The van der Waals surface area contributed by atoms with Crippen LogP contribution in [-0.4, -0.2) is 57.4 Å². The molecule has 0 bridgehead atoms.